The molecule has 4 aromatic carbocycles. The topological polar surface area (TPSA) is 119 Å². The zero-order chi connectivity index (χ0) is 31.7. The van der Waals surface area contributed by atoms with E-state index in [1.165, 1.54) is 0 Å². The molecule has 10 heteroatoms. The van der Waals surface area contributed by atoms with E-state index in [0.717, 1.165) is 16.8 Å². The Bertz CT molecular complexity index is 2160. The van der Waals surface area contributed by atoms with Crippen molar-refractivity contribution in [2.24, 2.45) is 0 Å². The van der Waals surface area contributed by atoms with Crippen LogP contribution in [0.2, 0.25) is 15.1 Å². The third-order valence-corrected chi connectivity index (χ3v) is 8.61. The molecule has 3 N–H and O–H groups in total. The summed E-state index contributed by atoms with van der Waals surface area (Å²) in [6, 6.07) is 26.3. The molecule has 7 nitrogen and oxygen atoms in total. The highest BCUT2D eigenvalue weighted by atomic mass is 35.5. The van der Waals surface area contributed by atoms with Gasteiger partial charge in [-0.25, -0.2) is 4.79 Å². The second-order valence-corrected chi connectivity index (χ2v) is 11.7. The Hall–Kier alpha value is -4.87. The molecule has 6 rings (SSSR count). The van der Waals surface area contributed by atoms with Crippen molar-refractivity contribution in [1.82, 2.24) is 15.3 Å². The lowest BCUT2D eigenvalue weighted by molar-refractivity contribution is -0.139. The number of H-pyrrole nitrogens is 1. The minimum atomic E-state index is -1.30. The van der Waals surface area contributed by atoms with Gasteiger partial charge in [-0.15, -0.1) is 0 Å². The lowest BCUT2D eigenvalue weighted by Gasteiger charge is -2.18. The Balaban J connectivity index is 1.29. The van der Waals surface area contributed by atoms with Crippen LogP contribution >= 0.6 is 34.8 Å². The third-order valence-electron chi connectivity index (χ3n) is 7.61. The second kappa shape index (κ2) is 12.6. The van der Waals surface area contributed by atoms with Crippen molar-refractivity contribution in [2.45, 2.75) is 18.9 Å². The first kappa shape index (κ1) is 30.2. The molecule has 2 aromatic heterocycles. The Kier molecular flexibility index (Phi) is 8.46. The first-order chi connectivity index (χ1) is 21.7. The number of nitriles is 1. The Labute approximate surface area is 273 Å². The van der Waals surface area contributed by atoms with E-state index < -0.39 is 17.9 Å². The normalized spacial score (nSPS) is 11.8. The monoisotopic (exact) mass is 652 g/mol. The number of carboxylic acids is 1. The molecule has 45 heavy (non-hydrogen) atoms. The summed E-state index contributed by atoms with van der Waals surface area (Å²) in [4.78, 5) is 33.8. The number of fused-ring (bicyclic) bond motifs is 2. The quantitative estimate of drug-likeness (QED) is 0.153. The fraction of sp³-hybridized carbons (Fsp3) is 0.0857. The molecule has 6 aromatic rings. The van der Waals surface area contributed by atoms with E-state index in [-0.39, 0.29) is 22.0 Å². The summed E-state index contributed by atoms with van der Waals surface area (Å²) in [5, 5.41) is 23.9. The lowest BCUT2D eigenvalue weighted by atomic mass is 9.94. The average Bonchev–Trinajstić information content (AvgIpc) is 3.43. The molecule has 0 saturated heterocycles. The highest BCUT2D eigenvalue weighted by Gasteiger charge is 2.26. The predicted octanol–water partition coefficient (Wildman–Crippen LogP) is 8.23. The number of carboxylic acid groups (broad SMARTS) is 1. The minimum absolute atomic E-state index is 0.000301. The van der Waals surface area contributed by atoms with Gasteiger partial charge in [0.25, 0.3) is 5.91 Å². The zero-order valence-electron chi connectivity index (χ0n) is 23.4. The number of amides is 1. The Morgan fingerprint density at radius 3 is 2.42 bits per heavy atom. The summed E-state index contributed by atoms with van der Waals surface area (Å²) < 4.78 is 0. The van der Waals surface area contributed by atoms with Crippen LogP contribution in [-0.2, 0) is 17.6 Å². The third kappa shape index (κ3) is 6.09. The maximum absolute atomic E-state index is 13.5. The molecule has 2 heterocycles. The number of carbonyl (C=O) groups excluding carboxylic acids is 1. The van der Waals surface area contributed by atoms with Crippen LogP contribution in [0.15, 0.2) is 91.1 Å². The molecule has 0 unspecified atom stereocenters. The van der Waals surface area contributed by atoms with Crippen LogP contribution in [0.1, 0.15) is 32.7 Å². The summed E-state index contributed by atoms with van der Waals surface area (Å²) in [6.07, 6.45) is 2.23. The van der Waals surface area contributed by atoms with Crippen LogP contribution in [0.3, 0.4) is 0 Å². The number of aromatic amines is 1. The van der Waals surface area contributed by atoms with Crippen molar-refractivity contribution in [2.75, 3.05) is 0 Å². The molecule has 0 saturated carbocycles. The Morgan fingerprint density at radius 1 is 0.911 bits per heavy atom. The van der Waals surface area contributed by atoms with Crippen LogP contribution in [0.5, 0.6) is 0 Å². The van der Waals surface area contributed by atoms with E-state index in [0.29, 0.717) is 49.9 Å². The fourth-order valence-electron chi connectivity index (χ4n) is 5.46. The first-order valence-electron chi connectivity index (χ1n) is 13.9. The maximum atomic E-state index is 13.5. The molecule has 1 atom stereocenters. The molecular weight excluding hydrogens is 631 g/mol. The number of hydrogen-bond acceptors (Lipinski definition) is 4. The van der Waals surface area contributed by atoms with Gasteiger partial charge in [0.1, 0.15) is 6.04 Å². The number of pyridine rings is 1. The number of carbonyl (C=O) groups is 2. The average molecular weight is 654 g/mol. The molecule has 0 aliphatic carbocycles. The van der Waals surface area contributed by atoms with Crippen LogP contribution in [0.25, 0.3) is 32.9 Å². The largest absolute Gasteiger partial charge is 0.480 e. The van der Waals surface area contributed by atoms with E-state index >= 15 is 0 Å². The van der Waals surface area contributed by atoms with Gasteiger partial charge in [0, 0.05) is 57.2 Å². The van der Waals surface area contributed by atoms with E-state index in [1.807, 2.05) is 42.5 Å². The number of nitrogens with zero attached hydrogens (tertiary/aromatic N) is 2. The first-order valence-corrected chi connectivity index (χ1v) is 15.0. The minimum Gasteiger partial charge on any atom is -0.480 e. The summed E-state index contributed by atoms with van der Waals surface area (Å²) in [5.41, 5.74) is 5.76. The van der Waals surface area contributed by atoms with E-state index in [4.69, 9.17) is 34.8 Å². The smallest absolute Gasteiger partial charge is 0.326 e. The Morgan fingerprint density at radius 2 is 1.69 bits per heavy atom. The molecule has 0 radical (unpaired) electrons. The van der Waals surface area contributed by atoms with Crippen LogP contribution in [0, 0.1) is 11.3 Å². The van der Waals surface area contributed by atoms with Crippen molar-refractivity contribution in [1.29, 1.82) is 5.26 Å². The van der Waals surface area contributed by atoms with Crippen LogP contribution in [-0.4, -0.2) is 33.0 Å². The molecule has 222 valence electrons. The number of halogens is 3. The van der Waals surface area contributed by atoms with Crippen LogP contribution in [0.4, 0.5) is 0 Å². The summed E-state index contributed by atoms with van der Waals surface area (Å²) in [5.74, 6) is -1.92. The van der Waals surface area contributed by atoms with Crippen molar-refractivity contribution in [3.63, 3.8) is 0 Å². The van der Waals surface area contributed by atoms with Gasteiger partial charge in [-0.1, -0.05) is 89.4 Å². The van der Waals surface area contributed by atoms with E-state index in [9.17, 15) is 20.0 Å². The van der Waals surface area contributed by atoms with Gasteiger partial charge in [-0.3, -0.25) is 9.78 Å². The molecule has 0 fully saturated rings. The molecule has 0 aliphatic heterocycles. The van der Waals surface area contributed by atoms with Gasteiger partial charge in [0.2, 0.25) is 0 Å². The summed E-state index contributed by atoms with van der Waals surface area (Å²) in [6.45, 7) is 0. The van der Waals surface area contributed by atoms with Gasteiger partial charge in [-0.2, -0.15) is 5.26 Å². The van der Waals surface area contributed by atoms with Crippen molar-refractivity contribution < 1.29 is 14.7 Å². The van der Waals surface area contributed by atoms with Gasteiger partial charge >= 0.3 is 5.97 Å². The number of aromatic nitrogens is 2. The zero-order valence-corrected chi connectivity index (χ0v) is 25.7. The molecule has 0 aliphatic rings. The summed E-state index contributed by atoms with van der Waals surface area (Å²) >= 11 is 19.7. The molecule has 0 bridgehead atoms. The van der Waals surface area contributed by atoms with Crippen molar-refractivity contribution >= 4 is 68.5 Å². The number of rotatable bonds is 8. The standard InChI is InChI=1S/C35H23Cl3N4O3/c36-27-14-20(18-39)8-10-24(27)25-11-9-21(23-7-4-12-40-33(23)25)15-30(35(44)45)42-34(43)31-28(37)17-29-26(32(31)38)16-22(41-29)13-19-5-2-1-3-6-19/h1-12,14,16-17,30,41H,13,15H2,(H,42,43)(H,44,45)/t30-/m0/s1. The van der Waals surface area contributed by atoms with Crippen LogP contribution < -0.4 is 5.32 Å². The number of nitrogens with one attached hydrogen (secondary N) is 2. The number of benzene rings is 4. The number of hydrogen-bond donors (Lipinski definition) is 3. The van der Waals surface area contributed by atoms with E-state index in [1.54, 1.807) is 48.7 Å². The molecule has 0 spiro atoms. The van der Waals surface area contributed by atoms with Gasteiger partial charge < -0.3 is 15.4 Å². The van der Waals surface area contributed by atoms with E-state index in [2.05, 4.69) is 21.4 Å². The molecular formula is C35H23Cl3N4O3. The van der Waals surface area contributed by atoms with Gasteiger partial charge in [0.15, 0.2) is 0 Å². The predicted molar refractivity (Wildman–Crippen MR) is 177 cm³/mol. The second-order valence-electron chi connectivity index (χ2n) is 10.5. The highest BCUT2D eigenvalue weighted by molar-refractivity contribution is 6.43. The fourth-order valence-corrected chi connectivity index (χ4v) is 6.43. The van der Waals surface area contributed by atoms with Gasteiger partial charge in [0.05, 0.1) is 32.8 Å². The number of aliphatic carboxylic acids is 1. The highest BCUT2D eigenvalue weighted by Crippen LogP contribution is 2.36. The maximum Gasteiger partial charge on any atom is 0.326 e. The molecule has 1 amide bonds. The lowest BCUT2D eigenvalue weighted by Crippen LogP contribution is -2.42. The SMILES string of the molecule is N#Cc1ccc(-c2ccc(C[C@H](NC(=O)c3c(Cl)cc4[nH]c(Cc5ccccc5)cc4c3Cl)C(=O)O)c3cccnc23)c(Cl)c1. The van der Waals surface area contributed by atoms with Gasteiger partial charge in [-0.05, 0) is 41.5 Å². The van der Waals surface area contributed by atoms with Crippen molar-refractivity contribution in [3.05, 3.63) is 134 Å². The summed E-state index contributed by atoms with van der Waals surface area (Å²) in [7, 11) is 0. The van der Waals surface area contributed by atoms with Crippen molar-refractivity contribution in [3.8, 4) is 17.2 Å².